The van der Waals surface area contributed by atoms with Crippen molar-refractivity contribution < 1.29 is 14.4 Å². The highest BCUT2D eigenvalue weighted by Crippen LogP contribution is 2.32. The molecule has 1 aromatic carbocycles. The number of ketones is 1. The van der Waals surface area contributed by atoms with Gasteiger partial charge in [0, 0.05) is 48.4 Å². The molecule has 5 rings (SSSR count). The molecule has 2 saturated heterocycles. The lowest BCUT2D eigenvalue weighted by Gasteiger charge is -2.31. The zero-order valence-electron chi connectivity index (χ0n) is 20.2. The Bertz CT molecular complexity index is 1040. The molecule has 3 heterocycles. The minimum Gasteiger partial charge on any atom is -0.374 e. The smallest absolute Gasteiger partial charge is 0.225 e. The summed E-state index contributed by atoms with van der Waals surface area (Å²) in [6.07, 6.45) is 11.5. The summed E-state index contributed by atoms with van der Waals surface area (Å²) in [7, 11) is 0. The van der Waals surface area contributed by atoms with Crippen molar-refractivity contribution in [2.24, 2.45) is 0 Å². The number of amides is 2. The van der Waals surface area contributed by atoms with Crippen molar-refractivity contribution in [3.63, 3.8) is 0 Å². The molecule has 3 N–H and O–H groups in total. The lowest BCUT2D eigenvalue weighted by molar-refractivity contribution is -0.121. The molecule has 0 aromatic heterocycles. The number of nitrogens with one attached hydrogen (secondary N) is 3. The third-order valence-electron chi connectivity index (χ3n) is 7.36. The first-order valence-electron chi connectivity index (χ1n) is 12.9. The van der Waals surface area contributed by atoms with E-state index < -0.39 is 0 Å². The Morgan fingerprint density at radius 3 is 2.26 bits per heavy atom. The van der Waals surface area contributed by atoms with Gasteiger partial charge in [0.25, 0.3) is 0 Å². The van der Waals surface area contributed by atoms with Gasteiger partial charge in [0.2, 0.25) is 11.8 Å². The van der Waals surface area contributed by atoms with Crippen LogP contribution in [0.2, 0.25) is 0 Å². The average molecular weight is 478 g/mol. The normalized spacial score (nSPS) is 23.9. The number of carbonyl (C=O) groups is 3. The molecule has 8 heteroatoms. The van der Waals surface area contributed by atoms with Gasteiger partial charge in [-0.2, -0.15) is 0 Å². The van der Waals surface area contributed by atoms with Gasteiger partial charge in [-0.25, -0.2) is 0 Å². The molecule has 0 spiro atoms. The molecule has 1 aromatic rings. The van der Waals surface area contributed by atoms with E-state index in [4.69, 9.17) is 0 Å². The second kappa shape index (κ2) is 10.7. The van der Waals surface area contributed by atoms with E-state index in [9.17, 15) is 14.4 Å². The van der Waals surface area contributed by atoms with Crippen LogP contribution in [-0.4, -0.2) is 78.7 Å². The number of fused-ring (bicyclic) bond motifs is 2. The lowest BCUT2D eigenvalue weighted by Crippen LogP contribution is -2.40. The Labute approximate surface area is 206 Å². The minimum atomic E-state index is -0.298. The van der Waals surface area contributed by atoms with Crippen molar-refractivity contribution in [2.75, 3.05) is 49.9 Å². The molecule has 186 valence electrons. The van der Waals surface area contributed by atoms with E-state index in [-0.39, 0.29) is 29.7 Å². The number of carbonyl (C=O) groups excluding carboxylic acids is 3. The lowest BCUT2D eigenvalue weighted by atomic mass is 9.86. The molecule has 35 heavy (non-hydrogen) atoms. The van der Waals surface area contributed by atoms with E-state index in [0.29, 0.717) is 29.7 Å². The van der Waals surface area contributed by atoms with Gasteiger partial charge in [0.05, 0.1) is 12.1 Å². The summed E-state index contributed by atoms with van der Waals surface area (Å²) in [5, 5.41) is 9.36. The molecule has 2 unspecified atom stereocenters. The van der Waals surface area contributed by atoms with Crippen LogP contribution in [0.3, 0.4) is 0 Å². The summed E-state index contributed by atoms with van der Waals surface area (Å²) in [5.74, 6) is -0.113. The Morgan fingerprint density at radius 2 is 1.57 bits per heavy atom. The monoisotopic (exact) mass is 477 g/mol. The fourth-order valence-corrected chi connectivity index (χ4v) is 5.39. The molecule has 3 aliphatic heterocycles. The van der Waals surface area contributed by atoms with Gasteiger partial charge in [-0.15, -0.1) is 0 Å². The van der Waals surface area contributed by atoms with Crippen LogP contribution in [0.1, 0.15) is 48.9 Å². The highest BCUT2D eigenvalue weighted by Gasteiger charge is 2.31. The number of nitrogens with zero attached hydrogens (tertiary/aromatic N) is 2. The summed E-state index contributed by atoms with van der Waals surface area (Å²) in [4.78, 5) is 42.8. The van der Waals surface area contributed by atoms with Gasteiger partial charge >= 0.3 is 0 Å². The summed E-state index contributed by atoms with van der Waals surface area (Å²) in [6.45, 7) is 5.82. The van der Waals surface area contributed by atoms with Crippen molar-refractivity contribution in [3.05, 3.63) is 47.6 Å². The highest BCUT2D eigenvalue weighted by atomic mass is 16.2. The maximum atomic E-state index is 13.3. The van der Waals surface area contributed by atoms with Crippen molar-refractivity contribution in [1.82, 2.24) is 15.1 Å². The highest BCUT2D eigenvalue weighted by molar-refractivity contribution is 6.16. The second-order valence-electron chi connectivity index (χ2n) is 9.96. The Balaban J connectivity index is 1.19. The number of likely N-dealkylation sites (tertiary alicyclic amines) is 2. The van der Waals surface area contributed by atoms with Gasteiger partial charge < -0.3 is 25.8 Å². The van der Waals surface area contributed by atoms with E-state index in [1.165, 1.54) is 25.7 Å². The van der Waals surface area contributed by atoms with Crippen molar-refractivity contribution in [1.29, 1.82) is 0 Å². The topological polar surface area (TPSA) is 93.8 Å². The maximum Gasteiger partial charge on any atom is 0.225 e. The Morgan fingerprint density at radius 1 is 0.914 bits per heavy atom. The predicted octanol–water partition coefficient (Wildman–Crippen LogP) is 2.55. The van der Waals surface area contributed by atoms with Gasteiger partial charge in [-0.05, 0) is 76.1 Å². The van der Waals surface area contributed by atoms with Crippen molar-refractivity contribution in [3.8, 4) is 0 Å². The standard InChI is InChI=1S/C27H35N5O3/c33-25(9-15-31-11-1-2-12-31)28-19-5-7-23-21(17-19)27(35)22-18-20(6-8-24(22)30-23)29-26(34)10-16-32-13-3-4-14-32/h5-8,17-19,23,30H,1-4,9-16H2,(H,28,33)(H,29,34). The molecule has 2 atom stereocenters. The zero-order valence-corrected chi connectivity index (χ0v) is 20.2. The maximum absolute atomic E-state index is 13.3. The molecule has 4 aliphatic rings. The summed E-state index contributed by atoms with van der Waals surface area (Å²) in [6, 6.07) is 4.91. The molecule has 0 saturated carbocycles. The van der Waals surface area contributed by atoms with Crippen molar-refractivity contribution >= 4 is 29.0 Å². The van der Waals surface area contributed by atoms with Gasteiger partial charge in [0.1, 0.15) is 0 Å². The molecule has 8 nitrogen and oxygen atoms in total. The van der Waals surface area contributed by atoms with Crippen molar-refractivity contribution in [2.45, 2.75) is 50.6 Å². The predicted molar refractivity (Wildman–Crippen MR) is 137 cm³/mol. The van der Waals surface area contributed by atoms with Gasteiger partial charge in [0.15, 0.2) is 5.78 Å². The first-order valence-corrected chi connectivity index (χ1v) is 12.9. The molecule has 0 bridgehead atoms. The van der Waals surface area contributed by atoms with Crippen LogP contribution in [0.15, 0.2) is 42.0 Å². The fraction of sp³-hybridized carbons (Fsp3) is 0.519. The van der Waals surface area contributed by atoms with Crippen LogP contribution in [0.4, 0.5) is 11.4 Å². The van der Waals surface area contributed by atoms with Crippen LogP contribution >= 0.6 is 0 Å². The molecule has 2 amide bonds. The Kier molecular flexibility index (Phi) is 7.29. The first kappa shape index (κ1) is 23.8. The van der Waals surface area contributed by atoms with Crippen LogP contribution in [0, 0.1) is 0 Å². The summed E-state index contributed by atoms with van der Waals surface area (Å²) >= 11 is 0. The third kappa shape index (κ3) is 5.82. The van der Waals surface area contributed by atoms with Gasteiger partial charge in [-0.1, -0.05) is 12.2 Å². The van der Waals surface area contributed by atoms with Crippen LogP contribution in [0.5, 0.6) is 0 Å². The average Bonchev–Trinajstić information content (AvgIpc) is 3.57. The Hall–Kier alpha value is -2.97. The molecule has 2 fully saturated rings. The number of Topliss-reactive ketones (excluding diaryl/α,β-unsaturated/α-hetero) is 1. The van der Waals surface area contributed by atoms with Gasteiger partial charge in [-0.3, -0.25) is 14.4 Å². The summed E-state index contributed by atoms with van der Waals surface area (Å²) in [5.41, 5.74) is 2.55. The largest absolute Gasteiger partial charge is 0.374 e. The number of hydrogen-bond acceptors (Lipinski definition) is 6. The van der Waals surface area contributed by atoms with E-state index in [0.717, 1.165) is 45.0 Å². The van der Waals surface area contributed by atoms with E-state index >= 15 is 0 Å². The number of rotatable bonds is 8. The quantitative estimate of drug-likeness (QED) is 0.499. The SMILES string of the molecule is O=C(CCN1CCCC1)Nc1ccc2c(c1)C(=O)C1=CC(NC(=O)CCN3CCCC3)C=CC1N2. The second-order valence-corrected chi connectivity index (χ2v) is 9.96. The molecular weight excluding hydrogens is 442 g/mol. The molecule has 1 aliphatic carbocycles. The van der Waals surface area contributed by atoms with Crippen LogP contribution in [-0.2, 0) is 9.59 Å². The molecular formula is C27H35N5O3. The van der Waals surface area contributed by atoms with E-state index in [1.54, 1.807) is 6.07 Å². The molecule has 0 radical (unpaired) electrons. The summed E-state index contributed by atoms with van der Waals surface area (Å²) < 4.78 is 0. The fourth-order valence-electron chi connectivity index (χ4n) is 5.39. The van der Waals surface area contributed by atoms with E-state index in [1.807, 2.05) is 30.4 Å². The third-order valence-corrected chi connectivity index (χ3v) is 7.36. The van der Waals surface area contributed by atoms with Crippen LogP contribution < -0.4 is 16.0 Å². The number of anilines is 2. The van der Waals surface area contributed by atoms with E-state index in [2.05, 4.69) is 25.8 Å². The zero-order chi connectivity index (χ0) is 24.2. The number of hydrogen-bond donors (Lipinski definition) is 3. The van der Waals surface area contributed by atoms with Crippen LogP contribution in [0.25, 0.3) is 0 Å². The first-order chi connectivity index (χ1) is 17.0. The number of benzene rings is 1. The minimum absolute atomic E-state index is 0.00241.